The number of aliphatic hydroxyl groups excluding tert-OH is 1. The fourth-order valence-electron chi connectivity index (χ4n) is 0.996. The summed E-state index contributed by atoms with van der Waals surface area (Å²) in [4.78, 5) is 11.0. The highest BCUT2D eigenvalue weighted by atomic mass is 16.6. The Hall–Kier alpha value is -1.97. The summed E-state index contributed by atoms with van der Waals surface area (Å²) >= 11 is 0. The molecule has 0 aliphatic heterocycles. The van der Waals surface area contributed by atoms with Crippen LogP contribution in [0.3, 0.4) is 0 Å². The maximum atomic E-state index is 11.0. The number of allylic oxidation sites excluding steroid dienone is 5. The first-order valence-electron chi connectivity index (χ1n) is 4.84. The zero-order valence-electron chi connectivity index (χ0n) is 9.10. The SMILES string of the molecule is C=C(C)C(=O)OCCOC(O)=C1C=CC=C1. The molecule has 0 fully saturated rings. The maximum absolute atomic E-state index is 11.0. The van der Waals surface area contributed by atoms with Crippen LogP contribution in [0.1, 0.15) is 6.92 Å². The number of hydrogen-bond donors (Lipinski definition) is 1. The Morgan fingerprint density at radius 3 is 2.44 bits per heavy atom. The largest absolute Gasteiger partial charge is 0.481 e. The van der Waals surface area contributed by atoms with Crippen LogP contribution in [0.15, 0.2) is 48.0 Å². The summed E-state index contributed by atoms with van der Waals surface area (Å²) in [6.45, 7) is 5.19. The van der Waals surface area contributed by atoms with Crippen molar-refractivity contribution in [2.24, 2.45) is 0 Å². The normalized spacial score (nSPS) is 12.7. The Balaban J connectivity index is 2.24. The molecule has 0 unspecified atom stereocenters. The van der Waals surface area contributed by atoms with Gasteiger partial charge in [-0.15, -0.1) is 0 Å². The van der Waals surface area contributed by atoms with Gasteiger partial charge in [-0.2, -0.15) is 0 Å². The molecule has 0 amide bonds. The highest BCUT2D eigenvalue weighted by molar-refractivity contribution is 5.86. The van der Waals surface area contributed by atoms with Crippen LogP contribution in [0.25, 0.3) is 0 Å². The van der Waals surface area contributed by atoms with E-state index in [0.29, 0.717) is 11.1 Å². The minimum absolute atomic E-state index is 0.0798. The van der Waals surface area contributed by atoms with E-state index in [4.69, 9.17) is 9.47 Å². The second-order valence-corrected chi connectivity index (χ2v) is 3.24. The smallest absolute Gasteiger partial charge is 0.333 e. The number of aliphatic hydroxyl groups is 1. The Labute approximate surface area is 94.2 Å². The van der Waals surface area contributed by atoms with Gasteiger partial charge < -0.3 is 14.6 Å². The van der Waals surface area contributed by atoms with Crippen molar-refractivity contribution < 1.29 is 19.4 Å². The molecular formula is C12H14O4. The van der Waals surface area contributed by atoms with Gasteiger partial charge in [0, 0.05) is 5.57 Å². The summed E-state index contributed by atoms with van der Waals surface area (Å²) in [7, 11) is 0. The molecule has 1 N–H and O–H groups in total. The van der Waals surface area contributed by atoms with Crippen molar-refractivity contribution in [3.63, 3.8) is 0 Å². The fraction of sp³-hybridized carbons (Fsp3) is 0.250. The Morgan fingerprint density at radius 2 is 1.88 bits per heavy atom. The first-order chi connectivity index (χ1) is 7.61. The molecule has 0 saturated heterocycles. The van der Waals surface area contributed by atoms with Crippen molar-refractivity contribution >= 4 is 5.97 Å². The number of carbonyl (C=O) groups excluding carboxylic acids is 1. The molecule has 86 valence electrons. The van der Waals surface area contributed by atoms with Crippen molar-refractivity contribution in [2.75, 3.05) is 13.2 Å². The Bertz CT molecular complexity index is 360. The first kappa shape index (κ1) is 12.1. The van der Waals surface area contributed by atoms with Crippen molar-refractivity contribution in [1.82, 2.24) is 0 Å². The average molecular weight is 222 g/mol. The minimum Gasteiger partial charge on any atom is -0.481 e. The van der Waals surface area contributed by atoms with Gasteiger partial charge in [0.1, 0.15) is 13.2 Å². The van der Waals surface area contributed by atoms with Gasteiger partial charge in [-0.1, -0.05) is 18.7 Å². The molecule has 0 spiro atoms. The molecule has 4 heteroatoms. The van der Waals surface area contributed by atoms with Crippen LogP contribution in [-0.2, 0) is 14.3 Å². The molecule has 0 radical (unpaired) electrons. The second-order valence-electron chi connectivity index (χ2n) is 3.24. The van der Waals surface area contributed by atoms with Crippen LogP contribution < -0.4 is 0 Å². The zero-order valence-corrected chi connectivity index (χ0v) is 9.10. The average Bonchev–Trinajstić information content (AvgIpc) is 2.76. The third kappa shape index (κ3) is 3.65. The van der Waals surface area contributed by atoms with Crippen molar-refractivity contribution in [3.8, 4) is 0 Å². The highest BCUT2D eigenvalue weighted by Crippen LogP contribution is 2.11. The third-order valence-electron chi connectivity index (χ3n) is 1.81. The molecule has 0 aromatic rings. The van der Waals surface area contributed by atoms with Crippen LogP contribution in [0.5, 0.6) is 0 Å². The molecule has 0 atom stereocenters. The summed E-state index contributed by atoms with van der Waals surface area (Å²) in [5, 5.41) is 9.42. The Kier molecular flexibility index (Phi) is 4.39. The van der Waals surface area contributed by atoms with Crippen LogP contribution in [0.2, 0.25) is 0 Å². The van der Waals surface area contributed by atoms with Gasteiger partial charge >= 0.3 is 5.97 Å². The first-order valence-corrected chi connectivity index (χ1v) is 4.84. The predicted octanol–water partition coefficient (Wildman–Crippen LogP) is 2.02. The van der Waals surface area contributed by atoms with E-state index in [1.54, 1.807) is 31.2 Å². The van der Waals surface area contributed by atoms with Gasteiger partial charge in [0.25, 0.3) is 5.95 Å². The van der Waals surface area contributed by atoms with E-state index in [0.717, 1.165) is 0 Å². The number of rotatable bonds is 5. The molecule has 0 saturated carbocycles. The second kappa shape index (κ2) is 5.80. The number of carbonyl (C=O) groups is 1. The lowest BCUT2D eigenvalue weighted by Gasteiger charge is -2.07. The molecule has 0 heterocycles. The lowest BCUT2D eigenvalue weighted by molar-refractivity contribution is -0.140. The van der Waals surface area contributed by atoms with E-state index in [-0.39, 0.29) is 19.2 Å². The van der Waals surface area contributed by atoms with Gasteiger partial charge in [0.15, 0.2) is 0 Å². The monoisotopic (exact) mass is 222 g/mol. The van der Waals surface area contributed by atoms with Gasteiger partial charge in [0.2, 0.25) is 0 Å². The molecule has 1 aliphatic rings. The zero-order chi connectivity index (χ0) is 12.0. The highest BCUT2D eigenvalue weighted by Gasteiger charge is 2.05. The topological polar surface area (TPSA) is 55.8 Å². The molecule has 0 bridgehead atoms. The van der Waals surface area contributed by atoms with Gasteiger partial charge in [-0.3, -0.25) is 0 Å². The lowest BCUT2D eigenvalue weighted by atomic mass is 10.3. The van der Waals surface area contributed by atoms with E-state index < -0.39 is 5.97 Å². The van der Waals surface area contributed by atoms with E-state index in [2.05, 4.69) is 6.58 Å². The number of ether oxygens (including phenoxy) is 2. The van der Waals surface area contributed by atoms with E-state index in [1.807, 2.05) is 0 Å². The summed E-state index contributed by atoms with van der Waals surface area (Å²) in [6.07, 6.45) is 7.01. The van der Waals surface area contributed by atoms with E-state index >= 15 is 0 Å². The molecular weight excluding hydrogens is 208 g/mol. The van der Waals surface area contributed by atoms with Crippen molar-refractivity contribution in [3.05, 3.63) is 48.0 Å². The minimum atomic E-state index is -0.462. The summed E-state index contributed by atoms with van der Waals surface area (Å²) in [6, 6.07) is 0. The van der Waals surface area contributed by atoms with Crippen molar-refractivity contribution in [1.29, 1.82) is 0 Å². The molecule has 0 aromatic carbocycles. The summed E-state index contributed by atoms with van der Waals surface area (Å²) in [5.74, 6) is -0.632. The van der Waals surface area contributed by atoms with Crippen LogP contribution in [0, 0.1) is 0 Å². The number of hydrogen-bond acceptors (Lipinski definition) is 4. The van der Waals surface area contributed by atoms with E-state index in [1.165, 1.54) is 0 Å². The quantitative estimate of drug-likeness (QED) is 0.334. The maximum Gasteiger partial charge on any atom is 0.333 e. The molecule has 16 heavy (non-hydrogen) atoms. The van der Waals surface area contributed by atoms with Crippen LogP contribution in [-0.4, -0.2) is 24.3 Å². The standard InChI is InChI=1S/C12H14O4/c1-9(2)11(13)15-7-8-16-12(14)10-5-3-4-6-10/h3-6,14H,1,7-8H2,2H3. The molecule has 1 rings (SSSR count). The summed E-state index contributed by atoms with van der Waals surface area (Å²) < 4.78 is 9.77. The number of esters is 1. The molecule has 0 aromatic heterocycles. The third-order valence-corrected chi connectivity index (χ3v) is 1.81. The van der Waals surface area contributed by atoms with Crippen molar-refractivity contribution in [2.45, 2.75) is 6.92 Å². The van der Waals surface area contributed by atoms with Crippen LogP contribution >= 0.6 is 0 Å². The molecule has 4 nitrogen and oxygen atoms in total. The van der Waals surface area contributed by atoms with Crippen LogP contribution in [0.4, 0.5) is 0 Å². The molecule has 1 aliphatic carbocycles. The van der Waals surface area contributed by atoms with Gasteiger partial charge in [-0.05, 0) is 19.1 Å². The summed E-state index contributed by atoms with van der Waals surface area (Å²) in [5.41, 5.74) is 0.940. The Morgan fingerprint density at radius 1 is 1.31 bits per heavy atom. The van der Waals surface area contributed by atoms with E-state index in [9.17, 15) is 9.90 Å². The fourth-order valence-corrected chi connectivity index (χ4v) is 0.996. The van der Waals surface area contributed by atoms with Gasteiger partial charge in [-0.25, -0.2) is 4.79 Å². The van der Waals surface area contributed by atoms with Gasteiger partial charge in [0.05, 0.1) is 5.57 Å². The predicted molar refractivity (Wildman–Crippen MR) is 59.7 cm³/mol. The lowest BCUT2D eigenvalue weighted by Crippen LogP contribution is -2.11.